The van der Waals surface area contributed by atoms with Gasteiger partial charge in [0.2, 0.25) is 5.91 Å². The zero-order valence-corrected chi connectivity index (χ0v) is 9.95. The summed E-state index contributed by atoms with van der Waals surface area (Å²) in [5.41, 5.74) is 5.41. The maximum atomic E-state index is 11.8. The maximum Gasteiger partial charge on any atom is 0.225 e. The zero-order valence-electron chi connectivity index (χ0n) is 9.95. The zero-order chi connectivity index (χ0) is 11.5. The molecule has 2 N–H and O–H groups in total. The Morgan fingerprint density at radius 3 is 2.73 bits per heavy atom. The molecule has 1 atom stereocenters. The second kappa shape index (κ2) is 4.94. The molecule has 4 heteroatoms. The molecule has 1 heterocycles. The predicted octanol–water partition coefficient (Wildman–Crippen LogP) is 0.609. The Morgan fingerprint density at radius 2 is 2.27 bits per heavy atom. The van der Waals surface area contributed by atoms with Crippen LogP contribution in [0.1, 0.15) is 27.2 Å². The molecule has 0 aromatic carbocycles. The average Bonchev–Trinajstić information content (AvgIpc) is 2.28. The van der Waals surface area contributed by atoms with Gasteiger partial charge in [-0.3, -0.25) is 4.79 Å². The van der Waals surface area contributed by atoms with Crippen LogP contribution in [0.5, 0.6) is 0 Å². The minimum atomic E-state index is -0.317. The van der Waals surface area contributed by atoms with Crippen molar-refractivity contribution in [2.45, 2.75) is 32.8 Å². The Labute approximate surface area is 91.8 Å². The van der Waals surface area contributed by atoms with Gasteiger partial charge in [-0.05, 0) is 6.42 Å². The van der Waals surface area contributed by atoms with E-state index in [4.69, 9.17) is 10.5 Å². The Balaban J connectivity index is 2.67. The fraction of sp³-hybridized carbons (Fsp3) is 0.909. The van der Waals surface area contributed by atoms with Gasteiger partial charge in [0.1, 0.15) is 0 Å². The highest BCUT2D eigenvalue weighted by Crippen LogP contribution is 2.21. The van der Waals surface area contributed by atoms with Gasteiger partial charge in [-0.15, -0.1) is 0 Å². The highest BCUT2D eigenvalue weighted by atomic mass is 16.5. The van der Waals surface area contributed by atoms with Gasteiger partial charge in [-0.1, -0.05) is 20.8 Å². The van der Waals surface area contributed by atoms with Gasteiger partial charge >= 0.3 is 0 Å². The normalized spacial score (nSPS) is 27.1. The number of morpholine rings is 1. The SMILES string of the molecule is CCC1(CN)CN(C(=O)C(C)C)CCO1. The second-order valence-electron chi connectivity index (χ2n) is 4.50. The molecule has 0 spiro atoms. The largest absolute Gasteiger partial charge is 0.370 e. The Hall–Kier alpha value is -0.610. The Morgan fingerprint density at radius 1 is 1.60 bits per heavy atom. The lowest BCUT2D eigenvalue weighted by Gasteiger charge is -2.42. The number of nitrogens with two attached hydrogens (primary N) is 1. The van der Waals surface area contributed by atoms with Gasteiger partial charge in [-0.25, -0.2) is 0 Å². The maximum absolute atomic E-state index is 11.8. The van der Waals surface area contributed by atoms with E-state index in [1.165, 1.54) is 0 Å². The van der Waals surface area contributed by atoms with Gasteiger partial charge in [0.15, 0.2) is 0 Å². The number of carbonyl (C=O) groups excluding carboxylic acids is 1. The molecule has 15 heavy (non-hydrogen) atoms. The van der Waals surface area contributed by atoms with Gasteiger partial charge in [0, 0.05) is 19.0 Å². The molecule has 1 aliphatic rings. The lowest BCUT2D eigenvalue weighted by atomic mass is 9.97. The molecule has 1 aliphatic heterocycles. The van der Waals surface area contributed by atoms with E-state index in [9.17, 15) is 4.79 Å². The quantitative estimate of drug-likeness (QED) is 0.749. The molecule has 0 saturated carbocycles. The van der Waals surface area contributed by atoms with E-state index in [1.807, 2.05) is 18.7 Å². The number of carbonyl (C=O) groups is 1. The fourth-order valence-corrected chi connectivity index (χ4v) is 1.88. The molecule has 0 aromatic heterocycles. The Bertz CT molecular complexity index is 225. The van der Waals surface area contributed by atoms with Gasteiger partial charge in [-0.2, -0.15) is 0 Å². The van der Waals surface area contributed by atoms with Crippen molar-refractivity contribution in [2.75, 3.05) is 26.2 Å². The van der Waals surface area contributed by atoms with E-state index in [0.717, 1.165) is 6.42 Å². The molecule has 0 aliphatic carbocycles. The first-order chi connectivity index (χ1) is 7.04. The summed E-state index contributed by atoms with van der Waals surface area (Å²) in [7, 11) is 0. The van der Waals surface area contributed by atoms with Crippen LogP contribution in [0.25, 0.3) is 0 Å². The third-order valence-corrected chi connectivity index (χ3v) is 3.07. The van der Waals surface area contributed by atoms with Crippen LogP contribution in [0.3, 0.4) is 0 Å². The van der Waals surface area contributed by atoms with E-state index in [2.05, 4.69) is 6.92 Å². The van der Waals surface area contributed by atoms with Crippen molar-refractivity contribution in [2.24, 2.45) is 11.7 Å². The van der Waals surface area contributed by atoms with Crippen molar-refractivity contribution < 1.29 is 9.53 Å². The summed E-state index contributed by atoms with van der Waals surface area (Å²) in [6.45, 7) is 8.31. The van der Waals surface area contributed by atoms with E-state index >= 15 is 0 Å². The van der Waals surface area contributed by atoms with E-state index < -0.39 is 0 Å². The van der Waals surface area contributed by atoms with Crippen LogP contribution in [-0.2, 0) is 9.53 Å². The standard InChI is InChI=1S/C11H22N2O2/c1-4-11(7-12)8-13(5-6-15-11)10(14)9(2)3/h9H,4-8,12H2,1-3H3. The molecule has 0 radical (unpaired) electrons. The van der Waals surface area contributed by atoms with Crippen LogP contribution >= 0.6 is 0 Å². The highest BCUT2D eigenvalue weighted by Gasteiger charge is 2.36. The van der Waals surface area contributed by atoms with Crippen molar-refractivity contribution in [1.29, 1.82) is 0 Å². The van der Waals surface area contributed by atoms with Crippen LogP contribution in [0, 0.1) is 5.92 Å². The fourth-order valence-electron chi connectivity index (χ4n) is 1.88. The molecular weight excluding hydrogens is 192 g/mol. The summed E-state index contributed by atoms with van der Waals surface area (Å²) >= 11 is 0. The molecule has 1 amide bonds. The summed E-state index contributed by atoms with van der Waals surface area (Å²) < 4.78 is 5.71. The third-order valence-electron chi connectivity index (χ3n) is 3.07. The van der Waals surface area contributed by atoms with Crippen molar-refractivity contribution >= 4 is 5.91 Å². The summed E-state index contributed by atoms with van der Waals surface area (Å²) in [6.07, 6.45) is 0.853. The van der Waals surface area contributed by atoms with E-state index in [0.29, 0.717) is 26.2 Å². The molecule has 1 unspecified atom stereocenters. The Kier molecular flexibility index (Phi) is 4.11. The first-order valence-electron chi connectivity index (χ1n) is 5.67. The van der Waals surface area contributed by atoms with Crippen LogP contribution in [0.2, 0.25) is 0 Å². The third kappa shape index (κ3) is 2.69. The number of hydrogen-bond acceptors (Lipinski definition) is 3. The number of rotatable bonds is 3. The summed E-state index contributed by atoms with van der Waals surface area (Å²) in [5.74, 6) is 0.250. The number of ether oxygens (including phenoxy) is 1. The smallest absolute Gasteiger partial charge is 0.225 e. The monoisotopic (exact) mass is 214 g/mol. The summed E-state index contributed by atoms with van der Waals surface area (Å²) in [6, 6.07) is 0. The average molecular weight is 214 g/mol. The van der Waals surface area contributed by atoms with Crippen molar-refractivity contribution in [3.8, 4) is 0 Å². The number of amides is 1. The van der Waals surface area contributed by atoms with E-state index in [-0.39, 0.29) is 17.4 Å². The van der Waals surface area contributed by atoms with Gasteiger partial charge in [0.25, 0.3) is 0 Å². The molecular formula is C11H22N2O2. The molecule has 1 saturated heterocycles. The second-order valence-corrected chi connectivity index (χ2v) is 4.50. The minimum absolute atomic E-state index is 0.0513. The lowest BCUT2D eigenvalue weighted by Crippen LogP contribution is -2.57. The molecule has 1 fully saturated rings. The van der Waals surface area contributed by atoms with E-state index in [1.54, 1.807) is 0 Å². The molecule has 1 rings (SSSR count). The minimum Gasteiger partial charge on any atom is -0.370 e. The van der Waals surface area contributed by atoms with Crippen molar-refractivity contribution in [1.82, 2.24) is 4.90 Å². The van der Waals surface area contributed by atoms with Crippen LogP contribution in [-0.4, -0.2) is 42.6 Å². The van der Waals surface area contributed by atoms with Gasteiger partial charge in [0.05, 0.1) is 18.8 Å². The molecule has 0 aromatic rings. The highest BCUT2D eigenvalue weighted by molar-refractivity contribution is 5.78. The van der Waals surface area contributed by atoms with Crippen molar-refractivity contribution in [3.63, 3.8) is 0 Å². The predicted molar refractivity (Wildman–Crippen MR) is 59.4 cm³/mol. The summed E-state index contributed by atoms with van der Waals surface area (Å²) in [4.78, 5) is 13.7. The van der Waals surface area contributed by atoms with Crippen LogP contribution in [0.15, 0.2) is 0 Å². The topological polar surface area (TPSA) is 55.6 Å². The number of nitrogens with zero attached hydrogens (tertiary/aromatic N) is 1. The van der Waals surface area contributed by atoms with Crippen LogP contribution in [0.4, 0.5) is 0 Å². The molecule has 88 valence electrons. The first-order valence-corrected chi connectivity index (χ1v) is 5.67. The van der Waals surface area contributed by atoms with Gasteiger partial charge < -0.3 is 15.4 Å². The first kappa shape index (κ1) is 12.5. The summed E-state index contributed by atoms with van der Waals surface area (Å²) in [5, 5.41) is 0. The van der Waals surface area contributed by atoms with Crippen molar-refractivity contribution in [3.05, 3.63) is 0 Å². The molecule has 0 bridgehead atoms. The molecule has 4 nitrogen and oxygen atoms in total. The van der Waals surface area contributed by atoms with Crippen LogP contribution < -0.4 is 5.73 Å². The lowest BCUT2D eigenvalue weighted by molar-refractivity contribution is -0.152. The number of hydrogen-bond donors (Lipinski definition) is 1.